The van der Waals surface area contributed by atoms with Gasteiger partial charge in [-0.25, -0.2) is 4.39 Å². The first kappa shape index (κ1) is 11.4. The highest BCUT2D eigenvalue weighted by atomic mass is 79.9. The van der Waals surface area contributed by atoms with E-state index in [0.717, 1.165) is 22.9 Å². The van der Waals surface area contributed by atoms with Crippen molar-refractivity contribution >= 4 is 21.5 Å². The fourth-order valence-electron chi connectivity index (χ4n) is 1.45. The van der Waals surface area contributed by atoms with E-state index >= 15 is 0 Å². The van der Waals surface area contributed by atoms with Gasteiger partial charge in [-0.2, -0.15) is 0 Å². The molecule has 14 heavy (non-hydrogen) atoms. The topological polar surface area (TPSA) is 0 Å². The summed E-state index contributed by atoms with van der Waals surface area (Å²) >= 11 is 3.38. The maximum Gasteiger partial charge on any atom is 0.123 e. The number of hydrogen-bond donors (Lipinski definition) is 0. The number of rotatable bonds is 3. The standard InChI is InChI=1S/C12H14BrF/c1-9(4-3-7-13)12-6-5-11(14)8-10(12)2/h4-6,8H,3,7H2,1-2H3/b9-4-. The molecular formula is C12H14BrF. The summed E-state index contributed by atoms with van der Waals surface area (Å²) in [6.07, 6.45) is 3.16. The molecule has 0 heterocycles. The molecule has 0 unspecified atom stereocenters. The van der Waals surface area contributed by atoms with E-state index in [1.54, 1.807) is 6.07 Å². The minimum Gasteiger partial charge on any atom is -0.207 e. The van der Waals surface area contributed by atoms with E-state index in [1.807, 2.05) is 13.0 Å². The smallest absolute Gasteiger partial charge is 0.123 e. The SMILES string of the molecule is C/C(=C/CCBr)c1ccc(F)cc1C. The Bertz CT molecular complexity index is 342. The van der Waals surface area contributed by atoms with Crippen LogP contribution in [-0.4, -0.2) is 5.33 Å². The lowest BCUT2D eigenvalue weighted by atomic mass is 10.0. The van der Waals surface area contributed by atoms with Gasteiger partial charge >= 0.3 is 0 Å². The van der Waals surface area contributed by atoms with Crippen molar-refractivity contribution in [1.82, 2.24) is 0 Å². The van der Waals surface area contributed by atoms with E-state index in [-0.39, 0.29) is 5.82 Å². The summed E-state index contributed by atoms with van der Waals surface area (Å²) in [4.78, 5) is 0. The maximum absolute atomic E-state index is 12.8. The van der Waals surface area contributed by atoms with Gasteiger partial charge in [-0.05, 0) is 49.1 Å². The third-order valence-corrected chi connectivity index (χ3v) is 2.63. The molecule has 0 nitrogen and oxygen atoms in total. The van der Waals surface area contributed by atoms with Gasteiger partial charge in [-0.3, -0.25) is 0 Å². The van der Waals surface area contributed by atoms with Gasteiger partial charge in [-0.15, -0.1) is 0 Å². The quantitative estimate of drug-likeness (QED) is 0.707. The normalized spacial score (nSPS) is 11.9. The number of benzene rings is 1. The Hall–Kier alpha value is -0.630. The Morgan fingerprint density at radius 3 is 2.79 bits per heavy atom. The Kier molecular flexibility index (Phi) is 4.33. The first-order valence-electron chi connectivity index (χ1n) is 4.64. The molecule has 0 N–H and O–H groups in total. The Balaban J connectivity index is 2.95. The van der Waals surface area contributed by atoms with E-state index in [4.69, 9.17) is 0 Å². The van der Waals surface area contributed by atoms with Gasteiger partial charge in [0, 0.05) is 5.33 Å². The van der Waals surface area contributed by atoms with Gasteiger partial charge in [0.1, 0.15) is 5.82 Å². The van der Waals surface area contributed by atoms with Crippen LogP contribution < -0.4 is 0 Å². The summed E-state index contributed by atoms with van der Waals surface area (Å²) in [5, 5.41) is 0.963. The van der Waals surface area contributed by atoms with Gasteiger partial charge < -0.3 is 0 Å². The van der Waals surface area contributed by atoms with Crippen molar-refractivity contribution in [3.8, 4) is 0 Å². The van der Waals surface area contributed by atoms with Gasteiger partial charge in [0.25, 0.3) is 0 Å². The number of allylic oxidation sites excluding steroid dienone is 2. The molecule has 0 saturated heterocycles. The van der Waals surface area contributed by atoms with Gasteiger partial charge in [0.15, 0.2) is 0 Å². The maximum atomic E-state index is 12.8. The third-order valence-electron chi connectivity index (χ3n) is 2.17. The van der Waals surface area contributed by atoms with Crippen LogP contribution in [0.15, 0.2) is 24.3 Å². The van der Waals surface area contributed by atoms with E-state index in [1.165, 1.54) is 11.6 Å². The second-order valence-electron chi connectivity index (χ2n) is 3.32. The zero-order valence-corrected chi connectivity index (χ0v) is 10.1. The molecule has 0 aromatic heterocycles. The number of aryl methyl sites for hydroxylation is 1. The monoisotopic (exact) mass is 256 g/mol. The summed E-state index contributed by atoms with van der Waals surface area (Å²) in [6.45, 7) is 3.99. The molecule has 0 radical (unpaired) electrons. The average molecular weight is 257 g/mol. The molecule has 0 aliphatic heterocycles. The lowest BCUT2D eigenvalue weighted by Gasteiger charge is -2.05. The Labute approximate surface area is 93.0 Å². The average Bonchev–Trinajstić information content (AvgIpc) is 2.14. The highest BCUT2D eigenvalue weighted by molar-refractivity contribution is 9.09. The van der Waals surface area contributed by atoms with Gasteiger partial charge in [0.2, 0.25) is 0 Å². The van der Waals surface area contributed by atoms with Crippen LogP contribution in [0.5, 0.6) is 0 Å². The van der Waals surface area contributed by atoms with Crippen molar-refractivity contribution in [3.05, 3.63) is 41.2 Å². The van der Waals surface area contributed by atoms with Crippen molar-refractivity contribution in [1.29, 1.82) is 0 Å². The summed E-state index contributed by atoms with van der Waals surface area (Å²) in [7, 11) is 0. The fraction of sp³-hybridized carbons (Fsp3) is 0.333. The van der Waals surface area contributed by atoms with Gasteiger partial charge in [0.05, 0.1) is 0 Å². The van der Waals surface area contributed by atoms with E-state index < -0.39 is 0 Å². The number of alkyl halides is 1. The molecule has 0 aliphatic carbocycles. The molecular weight excluding hydrogens is 243 g/mol. The summed E-state index contributed by atoms with van der Waals surface area (Å²) < 4.78 is 12.8. The molecule has 1 rings (SSSR count). The van der Waals surface area contributed by atoms with Crippen LogP contribution in [0.2, 0.25) is 0 Å². The predicted octanol–water partition coefficient (Wildman–Crippen LogP) is 4.32. The molecule has 0 fully saturated rings. The zero-order chi connectivity index (χ0) is 10.6. The van der Waals surface area contributed by atoms with Crippen LogP contribution in [0, 0.1) is 12.7 Å². The van der Waals surface area contributed by atoms with Crippen molar-refractivity contribution in [2.45, 2.75) is 20.3 Å². The molecule has 0 saturated carbocycles. The van der Waals surface area contributed by atoms with Crippen molar-refractivity contribution in [2.24, 2.45) is 0 Å². The first-order valence-corrected chi connectivity index (χ1v) is 5.76. The molecule has 0 spiro atoms. The largest absolute Gasteiger partial charge is 0.207 e. The van der Waals surface area contributed by atoms with Gasteiger partial charge in [-0.1, -0.05) is 28.1 Å². The van der Waals surface area contributed by atoms with Crippen LogP contribution in [-0.2, 0) is 0 Å². The summed E-state index contributed by atoms with van der Waals surface area (Å²) in [6, 6.07) is 4.92. The van der Waals surface area contributed by atoms with Crippen LogP contribution in [0.3, 0.4) is 0 Å². The summed E-state index contributed by atoms with van der Waals surface area (Å²) in [5.74, 6) is -0.167. The minimum absolute atomic E-state index is 0.167. The molecule has 0 bridgehead atoms. The lowest BCUT2D eigenvalue weighted by Crippen LogP contribution is -1.87. The van der Waals surface area contributed by atoms with E-state index in [2.05, 4.69) is 28.9 Å². The van der Waals surface area contributed by atoms with Crippen molar-refractivity contribution in [2.75, 3.05) is 5.33 Å². The molecule has 0 amide bonds. The second-order valence-corrected chi connectivity index (χ2v) is 4.12. The molecule has 1 aromatic rings. The second kappa shape index (κ2) is 5.30. The fourth-order valence-corrected chi connectivity index (χ4v) is 1.68. The van der Waals surface area contributed by atoms with Crippen molar-refractivity contribution < 1.29 is 4.39 Å². The van der Waals surface area contributed by atoms with Crippen molar-refractivity contribution in [3.63, 3.8) is 0 Å². The molecule has 0 atom stereocenters. The van der Waals surface area contributed by atoms with E-state index in [9.17, 15) is 4.39 Å². The van der Waals surface area contributed by atoms with Crippen LogP contribution in [0.25, 0.3) is 5.57 Å². The molecule has 0 aliphatic rings. The molecule has 76 valence electrons. The van der Waals surface area contributed by atoms with Crippen LogP contribution in [0.4, 0.5) is 4.39 Å². The van der Waals surface area contributed by atoms with Crippen LogP contribution in [0.1, 0.15) is 24.5 Å². The highest BCUT2D eigenvalue weighted by Crippen LogP contribution is 2.19. The number of halogens is 2. The Morgan fingerprint density at radius 1 is 1.50 bits per heavy atom. The number of hydrogen-bond acceptors (Lipinski definition) is 0. The first-order chi connectivity index (χ1) is 6.65. The minimum atomic E-state index is -0.167. The Morgan fingerprint density at radius 2 is 2.21 bits per heavy atom. The third kappa shape index (κ3) is 2.95. The van der Waals surface area contributed by atoms with E-state index in [0.29, 0.717) is 0 Å². The zero-order valence-electron chi connectivity index (χ0n) is 8.48. The van der Waals surface area contributed by atoms with Crippen LogP contribution >= 0.6 is 15.9 Å². The predicted molar refractivity (Wildman–Crippen MR) is 63.2 cm³/mol. The highest BCUT2D eigenvalue weighted by Gasteiger charge is 2.01. The lowest BCUT2D eigenvalue weighted by molar-refractivity contribution is 0.626. The summed E-state index contributed by atoms with van der Waals surface area (Å²) in [5.41, 5.74) is 3.34. The molecule has 2 heteroatoms. The molecule has 1 aromatic carbocycles.